The van der Waals surface area contributed by atoms with E-state index < -0.39 is 17.9 Å². The van der Waals surface area contributed by atoms with E-state index in [0.717, 1.165) is 31.2 Å². The van der Waals surface area contributed by atoms with Crippen molar-refractivity contribution in [1.82, 2.24) is 10.6 Å². The molecule has 2 rings (SSSR count). The van der Waals surface area contributed by atoms with Gasteiger partial charge < -0.3 is 15.7 Å². The van der Waals surface area contributed by atoms with Gasteiger partial charge in [0, 0.05) is 12.6 Å². The zero-order chi connectivity index (χ0) is 13.7. The highest BCUT2D eigenvalue weighted by atomic mass is 32.1. The summed E-state index contributed by atoms with van der Waals surface area (Å²) in [5.74, 6) is -1.29. The number of rotatable bonds is 4. The minimum atomic E-state index is -0.769. The lowest BCUT2D eigenvalue weighted by Gasteiger charge is -2.13. The summed E-state index contributed by atoms with van der Waals surface area (Å²) < 4.78 is 0. The molecule has 1 aliphatic rings. The molecule has 1 unspecified atom stereocenters. The van der Waals surface area contributed by atoms with E-state index in [9.17, 15) is 14.7 Å². The zero-order valence-corrected chi connectivity index (χ0v) is 11.4. The van der Waals surface area contributed by atoms with Crippen molar-refractivity contribution < 1.29 is 14.7 Å². The fourth-order valence-electron chi connectivity index (χ4n) is 2.17. The Hall–Kier alpha value is -1.40. The van der Waals surface area contributed by atoms with Gasteiger partial charge in [0.15, 0.2) is 0 Å². The first-order chi connectivity index (χ1) is 9.16. The second-order valence-corrected chi connectivity index (χ2v) is 5.52. The van der Waals surface area contributed by atoms with Crippen LogP contribution < -0.4 is 10.6 Å². The van der Waals surface area contributed by atoms with E-state index in [1.807, 2.05) is 10.8 Å². The molecule has 3 N–H and O–H groups in total. The largest absolute Gasteiger partial charge is 0.387 e. The molecule has 0 aromatic carbocycles. The van der Waals surface area contributed by atoms with Crippen molar-refractivity contribution in [3.05, 3.63) is 22.4 Å². The highest BCUT2D eigenvalue weighted by Crippen LogP contribution is 2.17. The molecule has 19 heavy (non-hydrogen) atoms. The first-order valence-electron chi connectivity index (χ1n) is 6.45. The Morgan fingerprint density at radius 1 is 1.37 bits per heavy atom. The number of thiophene rings is 1. The van der Waals surface area contributed by atoms with Crippen molar-refractivity contribution >= 4 is 23.2 Å². The third-order valence-corrected chi connectivity index (χ3v) is 3.98. The van der Waals surface area contributed by atoms with E-state index in [1.54, 1.807) is 6.07 Å². The summed E-state index contributed by atoms with van der Waals surface area (Å²) in [4.78, 5) is 23.2. The molecular weight excluding hydrogens is 264 g/mol. The summed E-state index contributed by atoms with van der Waals surface area (Å²) in [6.07, 6.45) is 3.31. The van der Waals surface area contributed by atoms with Gasteiger partial charge in [-0.05, 0) is 35.2 Å². The molecule has 0 aliphatic heterocycles. The van der Waals surface area contributed by atoms with Crippen LogP contribution in [0.4, 0.5) is 0 Å². The Kier molecular flexibility index (Phi) is 4.93. The third kappa shape index (κ3) is 4.04. The van der Waals surface area contributed by atoms with E-state index in [4.69, 9.17) is 0 Å². The molecule has 0 spiro atoms. The number of aliphatic hydroxyl groups is 1. The van der Waals surface area contributed by atoms with Gasteiger partial charge in [-0.2, -0.15) is 11.3 Å². The van der Waals surface area contributed by atoms with E-state index in [2.05, 4.69) is 10.6 Å². The number of aliphatic hydroxyl groups excluding tert-OH is 1. The molecule has 1 heterocycles. The van der Waals surface area contributed by atoms with Crippen LogP contribution in [0, 0.1) is 0 Å². The summed E-state index contributed by atoms with van der Waals surface area (Å²) in [5, 5.41) is 18.6. The van der Waals surface area contributed by atoms with Crippen LogP contribution in [0.1, 0.15) is 37.4 Å². The topological polar surface area (TPSA) is 78.4 Å². The van der Waals surface area contributed by atoms with Crippen LogP contribution in [0.5, 0.6) is 0 Å². The molecule has 0 saturated heterocycles. The van der Waals surface area contributed by atoms with Crippen molar-refractivity contribution in [1.29, 1.82) is 0 Å². The summed E-state index contributed by atoms with van der Waals surface area (Å²) in [7, 11) is 0. The van der Waals surface area contributed by atoms with Crippen molar-refractivity contribution in [2.24, 2.45) is 0 Å². The summed E-state index contributed by atoms with van der Waals surface area (Å²) in [5.41, 5.74) is 0.751. The molecule has 1 aromatic heterocycles. The molecule has 6 heteroatoms. The Balaban J connectivity index is 1.72. The average Bonchev–Trinajstić information content (AvgIpc) is 3.07. The predicted octanol–water partition coefficient (Wildman–Crippen LogP) is 0.956. The van der Waals surface area contributed by atoms with Gasteiger partial charge in [-0.1, -0.05) is 12.8 Å². The molecule has 104 valence electrons. The van der Waals surface area contributed by atoms with Gasteiger partial charge >= 0.3 is 11.8 Å². The van der Waals surface area contributed by atoms with Crippen LogP contribution in [0.3, 0.4) is 0 Å². The molecule has 1 atom stereocenters. The first kappa shape index (κ1) is 14.0. The van der Waals surface area contributed by atoms with Crippen LogP contribution in [0.2, 0.25) is 0 Å². The number of hydrogen-bond donors (Lipinski definition) is 3. The molecule has 1 saturated carbocycles. The summed E-state index contributed by atoms with van der Waals surface area (Å²) in [6, 6.07) is 1.92. The van der Waals surface area contributed by atoms with Crippen LogP contribution in [-0.2, 0) is 9.59 Å². The van der Waals surface area contributed by atoms with Gasteiger partial charge in [0.2, 0.25) is 0 Å². The minimum absolute atomic E-state index is 0.0493. The highest BCUT2D eigenvalue weighted by Gasteiger charge is 2.21. The number of nitrogens with one attached hydrogen (secondary N) is 2. The Morgan fingerprint density at radius 2 is 2.11 bits per heavy atom. The maximum absolute atomic E-state index is 11.6. The third-order valence-electron chi connectivity index (χ3n) is 3.28. The minimum Gasteiger partial charge on any atom is -0.387 e. The van der Waals surface area contributed by atoms with Crippen LogP contribution in [0.25, 0.3) is 0 Å². The maximum atomic E-state index is 11.6. The fraction of sp³-hybridized carbons (Fsp3) is 0.538. The first-order valence-corrected chi connectivity index (χ1v) is 7.40. The average molecular weight is 282 g/mol. The summed E-state index contributed by atoms with van der Waals surface area (Å²) >= 11 is 1.48. The molecule has 1 aliphatic carbocycles. The number of hydrogen-bond acceptors (Lipinski definition) is 4. The van der Waals surface area contributed by atoms with Crippen LogP contribution in [0.15, 0.2) is 16.8 Å². The number of amides is 2. The Bertz CT molecular complexity index is 427. The normalized spacial score (nSPS) is 17.1. The van der Waals surface area contributed by atoms with E-state index in [-0.39, 0.29) is 12.6 Å². The molecule has 0 radical (unpaired) electrons. The lowest BCUT2D eigenvalue weighted by molar-refractivity contribution is -0.139. The van der Waals surface area contributed by atoms with Crippen LogP contribution >= 0.6 is 11.3 Å². The van der Waals surface area contributed by atoms with Crippen LogP contribution in [-0.4, -0.2) is 29.5 Å². The molecule has 1 fully saturated rings. The number of carbonyl (C=O) groups is 2. The second kappa shape index (κ2) is 6.68. The lowest BCUT2D eigenvalue weighted by atomic mass is 10.2. The monoisotopic (exact) mass is 282 g/mol. The van der Waals surface area contributed by atoms with Crippen molar-refractivity contribution in [3.8, 4) is 0 Å². The van der Waals surface area contributed by atoms with E-state index in [0.29, 0.717) is 0 Å². The van der Waals surface area contributed by atoms with E-state index >= 15 is 0 Å². The van der Waals surface area contributed by atoms with E-state index in [1.165, 1.54) is 11.3 Å². The highest BCUT2D eigenvalue weighted by molar-refractivity contribution is 7.07. The Labute approximate surface area is 116 Å². The van der Waals surface area contributed by atoms with Gasteiger partial charge in [-0.3, -0.25) is 9.59 Å². The zero-order valence-electron chi connectivity index (χ0n) is 10.6. The van der Waals surface area contributed by atoms with Gasteiger partial charge in [0.25, 0.3) is 0 Å². The molecular formula is C13H18N2O3S. The molecule has 1 aromatic rings. The smallest absolute Gasteiger partial charge is 0.309 e. The SMILES string of the molecule is O=C(NCC(O)c1ccsc1)C(=O)NC1CCCC1. The molecule has 0 bridgehead atoms. The maximum Gasteiger partial charge on any atom is 0.309 e. The standard InChI is InChI=1S/C13H18N2O3S/c16-11(9-5-6-19-8-9)7-14-12(17)13(18)15-10-3-1-2-4-10/h5-6,8,10-11,16H,1-4,7H2,(H,14,17)(H,15,18). The predicted molar refractivity (Wildman–Crippen MR) is 72.7 cm³/mol. The van der Waals surface area contributed by atoms with Gasteiger partial charge in [0.1, 0.15) is 0 Å². The lowest BCUT2D eigenvalue weighted by Crippen LogP contribution is -2.44. The van der Waals surface area contributed by atoms with Gasteiger partial charge in [0.05, 0.1) is 6.10 Å². The molecule has 2 amide bonds. The quantitative estimate of drug-likeness (QED) is 0.720. The van der Waals surface area contributed by atoms with Gasteiger partial charge in [-0.15, -0.1) is 0 Å². The fourth-order valence-corrected chi connectivity index (χ4v) is 2.88. The van der Waals surface area contributed by atoms with Crippen molar-refractivity contribution in [3.63, 3.8) is 0 Å². The second-order valence-electron chi connectivity index (χ2n) is 4.74. The van der Waals surface area contributed by atoms with Gasteiger partial charge in [-0.25, -0.2) is 0 Å². The summed E-state index contributed by atoms with van der Waals surface area (Å²) in [6.45, 7) is 0.0493. The van der Waals surface area contributed by atoms with Crippen molar-refractivity contribution in [2.75, 3.05) is 6.54 Å². The van der Waals surface area contributed by atoms with Crippen molar-refractivity contribution in [2.45, 2.75) is 37.8 Å². The Morgan fingerprint density at radius 3 is 2.74 bits per heavy atom. The molecule has 5 nitrogen and oxygen atoms in total. The number of carbonyl (C=O) groups excluding carboxylic acids is 2.